The minimum Gasteiger partial charge on any atom is -0.0807 e. The predicted octanol–water partition coefficient (Wildman–Crippen LogP) is 5.49. The molecule has 0 aromatic heterocycles. The third kappa shape index (κ3) is 2.85. The molecule has 3 rings (SSSR count). The SMILES string of the molecule is CC1=CCC(C2=CCC(c3ccc(C)cc3)C=C2)C=C1. The van der Waals surface area contributed by atoms with Gasteiger partial charge in [0, 0.05) is 11.8 Å². The molecule has 0 heterocycles. The Balaban J connectivity index is 1.68. The van der Waals surface area contributed by atoms with Crippen molar-refractivity contribution in [1.29, 1.82) is 0 Å². The average Bonchev–Trinajstić information content (AvgIpc) is 2.49. The third-order valence-electron chi connectivity index (χ3n) is 4.35. The number of benzene rings is 1. The first kappa shape index (κ1) is 13.2. The number of allylic oxidation sites excluding steroid dienone is 8. The Kier molecular flexibility index (Phi) is 3.73. The fourth-order valence-corrected chi connectivity index (χ4v) is 2.95. The van der Waals surface area contributed by atoms with E-state index in [1.165, 1.54) is 22.3 Å². The molecule has 0 amide bonds. The molecule has 0 heteroatoms. The lowest BCUT2D eigenvalue weighted by molar-refractivity contribution is 0.746. The molecule has 2 aliphatic carbocycles. The Labute approximate surface area is 122 Å². The minimum atomic E-state index is 0.546. The lowest BCUT2D eigenvalue weighted by Gasteiger charge is -2.22. The maximum Gasteiger partial charge on any atom is 0.00559 e. The van der Waals surface area contributed by atoms with Crippen LogP contribution in [0.2, 0.25) is 0 Å². The predicted molar refractivity (Wildman–Crippen MR) is 86.8 cm³/mol. The monoisotopic (exact) mass is 262 g/mol. The Bertz CT molecular complexity index is 593. The molecule has 1 aromatic carbocycles. The fraction of sp³-hybridized carbons (Fsp3) is 0.300. The lowest BCUT2D eigenvalue weighted by atomic mass is 9.83. The molecule has 20 heavy (non-hydrogen) atoms. The highest BCUT2D eigenvalue weighted by Gasteiger charge is 2.16. The van der Waals surface area contributed by atoms with Crippen molar-refractivity contribution in [2.75, 3.05) is 0 Å². The van der Waals surface area contributed by atoms with E-state index in [-0.39, 0.29) is 0 Å². The summed E-state index contributed by atoms with van der Waals surface area (Å²) < 4.78 is 0. The Morgan fingerprint density at radius 3 is 2.10 bits per heavy atom. The molecular weight excluding hydrogens is 240 g/mol. The van der Waals surface area contributed by atoms with Crippen molar-refractivity contribution < 1.29 is 0 Å². The molecule has 2 unspecified atom stereocenters. The molecule has 0 N–H and O–H groups in total. The summed E-state index contributed by atoms with van der Waals surface area (Å²) in [6.07, 6.45) is 16.3. The smallest absolute Gasteiger partial charge is 0.00559 e. The highest BCUT2D eigenvalue weighted by Crippen LogP contribution is 2.32. The molecule has 2 atom stereocenters. The van der Waals surface area contributed by atoms with Crippen molar-refractivity contribution in [3.05, 3.63) is 83.0 Å². The van der Waals surface area contributed by atoms with Crippen LogP contribution in [0.1, 0.15) is 36.8 Å². The summed E-state index contributed by atoms with van der Waals surface area (Å²) in [7, 11) is 0. The van der Waals surface area contributed by atoms with Crippen LogP contribution >= 0.6 is 0 Å². The summed E-state index contributed by atoms with van der Waals surface area (Å²) in [5.41, 5.74) is 5.63. The van der Waals surface area contributed by atoms with Crippen molar-refractivity contribution in [3.8, 4) is 0 Å². The van der Waals surface area contributed by atoms with Gasteiger partial charge in [0.1, 0.15) is 0 Å². The molecule has 0 bridgehead atoms. The summed E-state index contributed by atoms with van der Waals surface area (Å²) in [5.74, 6) is 1.12. The first-order valence-corrected chi connectivity index (χ1v) is 7.52. The van der Waals surface area contributed by atoms with E-state index in [1.54, 1.807) is 0 Å². The van der Waals surface area contributed by atoms with Gasteiger partial charge in [-0.1, -0.05) is 71.9 Å². The van der Waals surface area contributed by atoms with Gasteiger partial charge in [-0.2, -0.15) is 0 Å². The van der Waals surface area contributed by atoms with Gasteiger partial charge in [0.05, 0.1) is 0 Å². The van der Waals surface area contributed by atoms with Gasteiger partial charge in [0.15, 0.2) is 0 Å². The maximum absolute atomic E-state index is 2.42. The summed E-state index contributed by atoms with van der Waals surface area (Å²) in [4.78, 5) is 0. The Morgan fingerprint density at radius 1 is 0.800 bits per heavy atom. The van der Waals surface area contributed by atoms with Gasteiger partial charge in [-0.15, -0.1) is 0 Å². The van der Waals surface area contributed by atoms with Gasteiger partial charge >= 0.3 is 0 Å². The maximum atomic E-state index is 2.42. The quantitative estimate of drug-likeness (QED) is 0.661. The van der Waals surface area contributed by atoms with Crippen LogP contribution in [-0.4, -0.2) is 0 Å². The van der Waals surface area contributed by atoms with Crippen LogP contribution in [0.25, 0.3) is 0 Å². The van der Waals surface area contributed by atoms with E-state index in [4.69, 9.17) is 0 Å². The summed E-state index contributed by atoms with van der Waals surface area (Å²) in [6, 6.07) is 8.94. The zero-order valence-corrected chi connectivity index (χ0v) is 12.3. The molecule has 0 nitrogen and oxygen atoms in total. The topological polar surface area (TPSA) is 0 Å². The second kappa shape index (κ2) is 5.66. The van der Waals surface area contributed by atoms with Gasteiger partial charge in [-0.3, -0.25) is 0 Å². The molecule has 0 spiro atoms. The van der Waals surface area contributed by atoms with E-state index in [1.807, 2.05) is 0 Å². The van der Waals surface area contributed by atoms with E-state index in [0.717, 1.165) is 12.8 Å². The zero-order chi connectivity index (χ0) is 13.9. The highest BCUT2D eigenvalue weighted by atomic mass is 14.2. The zero-order valence-electron chi connectivity index (χ0n) is 12.3. The van der Waals surface area contributed by atoms with E-state index in [0.29, 0.717) is 11.8 Å². The molecule has 0 fully saturated rings. The van der Waals surface area contributed by atoms with Crippen LogP contribution < -0.4 is 0 Å². The second-order valence-electron chi connectivity index (χ2n) is 5.97. The van der Waals surface area contributed by atoms with Crippen molar-refractivity contribution in [2.45, 2.75) is 32.6 Å². The summed E-state index contributed by atoms with van der Waals surface area (Å²) >= 11 is 0. The van der Waals surface area contributed by atoms with Gasteiger partial charge in [0.25, 0.3) is 0 Å². The first-order chi connectivity index (χ1) is 9.72. The largest absolute Gasteiger partial charge is 0.0807 e. The Morgan fingerprint density at radius 2 is 1.50 bits per heavy atom. The first-order valence-electron chi connectivity index (χ1n) is 7.52. The second-order valence-corrected chi connectivity index (χ2v) is 5.97. The standard InChI is InChI=1S/C20H22/c1-15-3-7-17(8-4-15)19-11-13-20(14-12-19)18-9-5-16(2)6-10-18/h3-9,11,13-14,18-19H,10,12H2,1-2H3. The average molecular weight is 262 g/mol. The van der Waals surface area contributed by atoms with Crippen molar-refractivity contribution in [1.82, 2.24) is 0 Å². The van der Waals surface area contributed by atoms with Gasteiger partial charge in [-0.05, 0) is 37.8 Å². The highest BCUT2D eigenvalue weighted by molar-refractivity contribution is 5.38. The van der Waals surface area contributed by atoms with Crippen molar-refractivity contribution in [2.24, 2.45) is 5.92 Å². The molecule has 0 aliphatic heterocycles. The minimum absolute atomic E-state index is 0.546. The summed E-state index contributed by atoms with van der Waals surface area (Å²) in [5, 5.41) is 0. The van der Waals surface area contributed by atoms with Crippen molar-refractivity contribution >= 4 is 0 Å². The molecule has 0 saturated heterocycles. The molecule has 0 saturated carbocycles. The van der Waals surface area contributed by atoms with E-state index in [9.17, 15) is 0 Å². The molecule has 2 aliphatic rings. The number of aryl methyl sites for hydroxylation is 1. The fourth-order valence-electron chi connectivity index (χ4n) is 2.95. The van der Waals surface area contributed by atoms with Crippen LogP contribution in [0, 0.1) is 12.8 Å². The number of rotatable bonds is 2. The number of hydrogen-bond acceptors (Lipinski definition) is 0. The normalized spacial score (nSPS) is 25.3. The summed E-state index contributed by atoms with van der Waals surface area (Å²) in [6.45, 7) is 4.31. The molecule has 0 radical (unpaired) electrons. The van der Waals surface area contributed by atoms with Gasteiger partial charge < -0.3 is 0 Å². The van der Waals surface area contributed by atoms with Crippen LogP contribution in [0.15, 0.2) is 71.9 Å². The van der Waals surface area contributed by atoms with Gasteiger partial charge in [0.2, 0.25) is 0 Å². The lowest BCUT2D eigenvalue weighted by Crippen LogP contribution is -2.06. The van der Waals surface area contributed by atoms with Crippen LogP contribution in [0.5, 0.6) is 0 Å². The third-order valence-corrected chi connectivity index (χ3v) is 4.35. The van der Waals surface area contributed by atoms with Gasteiger partial charge in [-0.25, -0.2) is 0 Å². The number of hydrogen-bond donors (Lipinski definition) is 0. The van der Waals surface area contributed by atoms with Crippen LogP contribution in [0.3, 0.4) is 0 Å². The van der Waals surface area contributed by atoms with E-state index >= 15 is 0 Å². The van der Waals surface area contributed by atoms with Crippen LogP contribution in [0.4, 0.5) is 0 Å². The molecule has 1 aromatic rings. The van der Waals surface area contributed by atoms with E-state index < -0.39 is 0 Å². The van der Waals surface area contributed by atoms with Crippen LogP contribution in [-0.2, 0) is 0 Å². The Hall–Kier alpha value is -1.82. The molecular formula is C20H22. The molecule has 102 valence electrons. The van der Waals surface area contributed by atoms with E-state index in [2.05, 4.69) is 74.6 Å². The van der Waals surface area contributed by atoms with Crippen molar-refractivity contribution in [3.63, 3.8) is 0 Å².